The molecule has 0 aliphatic carbocycles. The van der Waals surface area contributed by atoms with Gasteiger partial charge in [0, 0.05) is 54.7 Å². The van der Waals surface area contributed by atoms with Crippen LogP contribution in [0.3, 0.4) is 0 Å². The van der Waals surface area contributed by atoms with Crippen LogP contribution in [0, 0.1) is 5.92 Å². The standard InChI is InChI=1S/C34H41N5O4/c1-8-22-19(3)28-14-32-24(16-40)20(4)27(37-32)13-26-18(2)11-30(35-26)23(12-33(42)39(6)9-10-43-7)34-25(17-41)21(5)29(38-34)15-31(22)36-28/h13-15,17-18,35,40-41H,8-12,16H2,1-7H3/b25-17+,26-13?,30-23?,31-15?,32-14?. The molecule has 1 saturated heterocycles. The van der Waals surface area contributed by atoms with Gasteiger partial charge in [0.2, 0.25) is 5.91 Å². The zero-order chi connectivity index (χ0) is 31.0. The number of allylic oxidation sites excluding steroid dienone is 10. The summed E-state index contributed by atoms with van der Waals surface area (Å²) in [7, 11) is 3.38. The van der Waals surface area contributed by atoms with Crippen molar-refractivity contribution >= 4 is 23.0 Å². The van der Waals surface area contributed by atoms with Crippen molar-refractivity contribution in [1.29, 1.82) is 0 Å². The van der Waals surface area contributed by atoms with E-state index in [2.05, 4.69) is 26.1 Å². The van der Waals surface area contributed by atoms with Gasteiger partial charge in [-0.3, -0.25) is 4.79 Å². The van der Waals surface area contributed by atoms with E-state index in [0.717, 1.165) is 74.6 Å². The van der Waals surface area contributed by atoms with Gasteiger partial charge in [0.1, 0.15) is 0 Å². The number of nitrogens with zero attached hydrogens (tertiary/aromatic N) is 4. The number of nitrogens with one attached hydrogen (secondary N) is 1. The number of ether oxygens (including phenoxy) is 1. The Morgan fingerprint density at radius 3 is 2.37 bits per heavy atom. The SMILES string of the molecule is CCC1=C(C)C2=NC1=CC1=C(C)/C(=C\O)C(=N1)C(CC(=O)N(C)CCOC)=C1CC(C)C(=CC3=NC(=C2)C(CO)=C3C)N1. The van der Waals surface area contributed by atoms with Crippen LogP contribution in [0.1, 0.15) is 53.9 Å². The molecule has 5 aliphatic rings. The first-order valence-corrected chi connectivity index (χ1v) is 14.8. The Balaban J connectivity index is 1.74. The number of hydrogen-bond donors (Lipinski definition) is 3. The van der Waals surface area contributed by atoms with Crippen LogP contribution < -0.4 is 5.32 Å². The highest BCUT2D eigenvalue weighted by Crippen LogP contribution is 2.39. The minimum absolute atomic E-state index is 0.0662. The molecular formula is C34H41N5O4. The predicted molar refractivity (Wildman–Crippen MR) is 171 cm³/mol. The van der Waals surface area contributed by atoms with E-state index in [1.54, 1.807) is 19.1 Å². The molecule has 5 rings (SSSR count). The lowest BCUT2D eigenvalue weighted by Gasteiger charge is -2.20. The first-order chi connectivity index (χ1) is 20.6. The molecule has 43 heavy (non-hydrogen) atoms. The zero-order valence-corrected chi connectivity index (χ0v) is 26.1. The quantitative estimate of drug-likeness (QED) is 0.359. The van der Waals surface area contributed by atoms with Crippen LogP contribution in [-0.2, 0) is 9.53 Å². The molecule has 1 unspecified atom stereocenters. The summed E-state index contributed by atoms with van der Waals surface area (Å²) >= 11 is 0. The first-order valence-electron chi connectivity index (χ1n) is 14.8. The second-order valence-electron chi connectivity index (χ2n) is 11.6. The molecule has 0 saturated carbocycles. The summed E-state index contributed by atoms with van der Waals surface area (Å²) in [6.07, 6.45) is 8.62. The van der Waals surface area contributed by atoms with Gasteiger partial charge >= 0.3 is 0 Å². The molecule has 0 aromatic carbocycles. The Hall–Kier alpha value is -4.08. The summed E-state index contributed by atoms with van der Waals surface area (Å²) in [5, 5.41) is 24.3. The van der Waals surface area contributed by atoms with Crippen molar-refractivity contribution in [2.45, 2.75) is 53.9 Å². The van der Waals surface area contributed by atoms with E-state index in [1.807, 2.05) is 32.1 Å². The lowest BCUT2D eigenvalue weighted by molar-refractivity contribution is -0.129. The van der Waals surface area contributed by atoms with Crippen molar-refractivity contribution in [3.8, 4) is 0 Å². The predicted octanol–water partition coefficient (Wildman–Crippen LogP) is 5.15. The highest BCUT2D eigenvalue weighted by atomic mass is 16.5. The van der Waals surface area contributed by atoms with Crippen molar-refractivity contribution in [1.82, 2.24) is 10.2 Å². The molecule has 8 bridgehead atoms. The molecule has 1 fully saturated rings. The number of rotatable bonds is 7. The molecule has 0 spiro atoms. The van der Waals surface area contributed by atoms with Crippen molar-refractivity contribution in [2.24, 2.45) is 20.9 Å². The van der Waals surface area contributed by atoms with E-state index >= 15 is 0 Å². The molecule has 9 nitrogen and oxygen atoms in total. The van der Waals surface area contributed by atoms with Crippen LogP contribution in [0.15, 0.2) is 107 Å². The van der Waals surface area contributed by atoms with Gasteiger partial charge in [0.05, 0.1) is 60.1 Å². The largest absolute Gasteiger partial charge is 0.515 e. The Kier molecular flexibility index (Phi) is 8.66. The number of aliphatic imine (C=N–C) groups is 3. The van der Waals surface area contributed by atoms with Crippen molar-refractivity contribution in [2.75, 3.05) is 33.9 Å². The van der Waals surface area contributed by atoms with Crippen LogP contribution in [0.2, 0.25) is 0 Å². The summed E-state index contributed by atoms with van der Waals surface area (Å²) in [6, 6.07) is 0. The molecule has 226 valence electrons. The van der Waals surface area contributed by atoms with E-state index in [1.165, 1.54) is 0 Å². The third kappa shape index (κ3) is 5.55. The third-order valence-corrected chi connectivity index (χ3v) is 8.90. The third-order valence-electron chi connectivity index (χ3n) is 8.90. The minimum Gasteiger partial charge on any atom is -0.515 e. The summed E-state index contributed by atoms with van der Waals surface area (Å²) < 4.78 is 5.19. The molecule has 5 heterocycles. The molecule has 0 radical (unpaired) electrons. The second-order valence-corrected chi connectivity index (χ2v) is 11.6. The van der Waals surface area contributed by atoms with E-state index in [-0.39, 0.29) is 24.9 Å². The first kappa shape index (κ1) is 30.4. The number of methoxy groups -OCH3 is 1. The van der Waals surface area contributed by atoms with Crippen LogP contribution in [-0.4, -0.2) is 72.1 Å². The summed E-state index contributed by atoms with van der Waals surface area (Å²) in [6.45, 7) is 11.0. The summed E-state index contributed by atoms with van der Waals surface area (Å²) in [5.74, 6) is 0.0588. The van der Waals surface area contributed by atoms with Crippen LogP contribution in [0.4, 0.5) is 0 Å². The van der Waals surface area contributed by atoms with E-state index in [4.69, 9.17) is 19.7 Å². The number of fused-ring (bicyclic) bond motifs is 5. The normalized spacial score (nSPS) is 22.6. The van der Waals surface area contributed by atoms with Crippen molar-refractivity contribution < 1.29 is 19.7 Å². The van der Waals surface area contributed by atoms with E-state index in [0.29, 0.717) is 42.3 Å². The van der Waals surface area contributed by atoms with Crippen LogP contribution >= 0.6 is 0 Å². The fraction of sp³-hybridized carbons (Fsp3) is 0.412. The van der Waals surface area contributed by atoms with Gasteiger partial charge in [0.25, 0.3) is 0 Å². The molecule has 0 aromatic heterocycles. The zero-order valence-electron chi connectivity index (χ0n) is 26.1. The number of amides is 1. The Bertz CT molecular complexity index is 1620. The fourth-order valence-electron chi connectivity index (χ4n) is 6.05. The summed E-state index contributed by atoms with van der Waals surface area (Å²) in [5.41, 5.74) is 12.3. The molecule has 0 aromatic rings. The molecule has 5 aliphatic heterocycles. The Morgan fingerprint density at radius 2 is 1.72 bits per heavy atom. The lowest BCUT2D eigenvalue weighted by Crippen LogP contribution is -2.31. The lowest BCUT2D eigenvalue weighted by atomic mass is 9.93. The fourth-order valence-corrected chi connectivity index (χ4v) is 6.05. The number of carbonyl (C=O) groups excluding carboxylic acids is 1. The van der Waals surface area contributed by atoms with Gasteiger partial charge in [-0.15, -0.1) is 0 Å². The maximum Gasteiger partial charge on any atom is 0.226 e. The van der Waals surface area contributed by atoms with Gasteiger partial charge in [0.15, 0.2) is 0 Å². The van der Waals surface area contributed by atoms with Crippen molar-refractivity contribution in [3.63, 3.8) is 0 Å². The molecule has 1 atom stereocenters. The highest BCUT2D eigenvalue weighted by Gasteiger charge is 2.33. The number of likely N-dealkylation sites (N-methyl/N-ethyl adjacent to an activating group) is 1. The number of aliphatic hydroxyl groups excluding tert-OH is 2. The van der Waals surface area contributed by atoms with Gasteiger partial charge in [-0.2, -0.15) is 0 Å². The molecule has 3 N–H and O–H groups in total. The van der Waals surface area contributed by atoms with E-state index in [9.17, 15) is 15.0 Å². The number of hydrogen-bond acceptors (Lipinski definition) is 8. The monoisotopic (exact) mass is 583 g/mol. The Labute approximate surface area is 253 Å². The maximum atomic E-state index is 13.5. The van der Waals surface area contributed by atoms with Crippen LogP contribution in [0.25, 0.3) is 0 Å². The topological polar surface area (TPSA) is 119 Å². The summed E-state index contributed by atoms with van der Waals surface area (Å²) in [4.78, 5) is 30.1. The average Bonchev–Trinajstić information content (AvgIpc) is 3.68. The maximum absolute atomic E-state index is 13.5. The number of carbonyl (C=O) groups is 1. The molecule has 9 heteroatoms. The van der Waals surface area contributed by atoms with Gasteiger partial charge in [-0.25, -0.2) is 15.0 Å². The average molecular weight is 584 g/mol. The number of aliphatic hydroxyl groups is 2. The van der Waals surface area contributed by atoms with Gasteiger partial charge in [-0.05, 0) is 74.1 Å². The smallest absolute Gasteiger partial charge is 0.226 e. The second kappa shape index (κ2) is 12.3. The van der Waals surface area contributed by atoms with Crippen molar-refractivity contribution in [3.05, 3.63) is 92.0 Å². The highest BCUT2D eigenvalue weighted by molar-refractivity contribution is 6.20. The van der Waals surface area contributed by atoms with Gasteiger partial charge in [-0.1, -0.05) is 13.8 Å². The minimum atomic E-state index is -0.121. The van der Waals surface area contributed by atoms with Gasteiger partial charge < -0.3 is 25.2 Å². The Morgan fingerprint density at radius 1 is 1.05 bits per heavy atom. The molecule has 1 amide bonds. The van der Waals surface area contributed by atoms with E-state index < -0.39 is 0 Å². The van der Waals surface area contributed by atoms with Crippen LogP contribution in [0.5, 0.6) is 0 Å². The molecular weight excluding hydrogens is 542 g/mol.